The van der Waals surface area contributed by atoms with Crippen LogP contribution in [0.15, 0.2) is 60.0 Å². The number of carbonyl (C=O) groups excluding carboxylic acids is 1. The maximum atomic E-state index is 12.6. The minimum atomic E-state index is -0.205. The van der Waals surface area contributed by atoms with E-state index in [1.165, 1.54) is 17.0 Å². The van der Waals surface area contributed by atoms with Crippen LogP contribution in [0.5, 0.6) is 0 Å². The quantitative estimate of drug-likeness (QED) is 0.728. The fourth-order valence-electron chi connectivity index (χ4n) is 2.53. The summed E-state index contributed by atoms with van der Waals surface area (Å²) in [4.78, 5) is 29.9. The SMILES string of the molecule is C[C@@H](c1ccc(-n2cncn2)cc1)N(C)C(=O)c1ccn(C)c(=O)c1. The van der Waals surface area contributed by atoms with Crippen LogP contribution in [0.25, 0.3) is 5.69 Å². The Morgan fingerprint density at radius 1 is 1.20 bits per heavy atom. The lowest BCUT2D eigenvalue weighted by Crippen LogP contribution is -2.31. The standard InChI is InChI=1S/C18H19N5O2/c1-13(14-4-6-16(7-5-14)23-12-19-11-20-23)22(3)18(25)15-8-9-21(2)17(24)10-15/h4-13H,1-3H3/t13-/m0/s1. The van der Waals surface area contributed by atoms with Crippen molar-refractivity contribution in [3.8, 4) is 5.69 Å². The molecule has 0 radical (unpaired) electrons. The maximum Gasteiger partial charge on any atom is 0.254 e. The molecule has 0 aliphatic carbocycles. The summed E-state index contributed by atoms with van der Waals surface area (Å²) in [6.07, 6.45) is 4.71. The van der Waals surface area contributed by atoms with Gasteiger partial charge in [-0.1, -0.05) is 12.1 Å². The first kappa shape index (κ1) is 16.6. The van der Waals surface area contributed by atoms with Gasteiger partial charge in [-0.2, -0.15) is 5.10 Å². The van der Waals surface area contributed by atoms with Crippen LogP contribution in [0, 0.1) is 0 Å². The number of nitrogens with zero attached hydrogens (tertiary/aromatic N) is 5. The zero-order chi connectivity index (χ0) is 18.0. The Bertz CT molecular complexity index is 929. The number of aryl methyl sites for hydroxylation is 1. The average Bonchev–Trinajstić information content (AvgIpc) is 3.17. The number of pyridine rings is 1. The molecule has 7 heteroatoms. The number of hydrogen-bond acceptors (Lipinski definition) is 4. The van der Waals surface area contributed by atoms with Crippen molar-refractivity contribution in [2.75, 3.05) is 7.05 Å². The van der Waals surface area contributed by atoms with Gasteiger partial charge in [-0.05, 0) is 30.7 Å². The number of carbonyl (C=O) groups is 1. The normalized spacial score (nSPS) is 12.0. The molecule has 0 saturated carbocycles. The van der Waals surface area contributed by atoms with Crippen molar-refractivity contribution in [2.45, 2.75) is 13.0 Å². The molecule has 7 nitrogen and oxygen atoms in total. The van der Waals surface area contributed by atoms with Gasteiger partial charge in [-0.25, -0.2) is 9.67 Å². The van der Waals surface area contributed by atoms with Crippen LogP contribution < -0.4 is 5.56 Å². The van der Waals surface area contributed by atoms with E-state index in [-0.39, 0.29) is 17.5 Å². The molecule has 0 bridgehead atoms. The van der Waals surface area contributed by atoms with Crippen molar-refractivity contribution < 1.29 is 4.79 Å². The molecule has 3 aromatic rings. The largest absolute Gasteiger partial charge is 0.335 e. The van der Waals surface area contributed by atoms with Crippen LogP contribution in [-0.4, -0.2) is 37.2 Å². The van der Waals surface area contributed by atoms with Crippen LogP contribution in [0.3, 0.4) is 0 Å². The molecular weight excluding hydrogens is 318 g/mol. The zero-order valence-electron chi connectivity index (χ0n) is 14.3. The maximum absolute atomic E-state index is 12.6. The van der Waals surface area contributed by atoms with E-state index in [1.54, 1.807) is 42.3 Å². The van der Waals surface area contributed by atoms with Crippen LogP contribution in [0.1, 0.15) is 28.9 Å². The van der Waals surface area contributed by atoms with Crippen LogP contribution in [0.4, 0.5) is 0 Å². The van der Waals surface area contributed by atoms with Gasteiger partial charge in [0.1, 0.15) is 12.7 Å². The molecule has 128 valence electrons. The minimum Gasteiger partial charge on any atom is -0.335 e. The molecular formula is C18H19N5O2. The Kier molecular flexibility index (Phi) is 4.47. The molecule has 1 atom stereocenters. The Hall–Kier alpha value is -3.22. The van der Waals surface area contributed by atoms with Gasteiger partial charge in [0.2, 0.25) is 0 Å². The van der Waals surface area contributed by atoms with Crippen LogP contribution >= 0.6 is 0 Å². The van der Waals surface area contributed by atoms with E-state index in [2.05, 4.69) is 10.1 Å². The Balaban J connectivity index is 1.79. The number of hydrogen-bond donors (Lipinski definition) is 0. The molecule has 1 aromatic carbocycles. The number of rotatable bonds is 4. The lowest BCUT2D eigenvalue weighted by atomic mass is 10.1. The van der Waals surface area contributed by atoms with Gasteiger partial charge in [0, 0.05) is 31.9 Å². The first-order valence-corrected chi connectivity index (χ1v) is 7.86. The molecule has 0 spiro atoms. The van der Waals surface area contributed by atoms with Crippen molar-refractivity contribution in [1.82, 2.24) is 24.2 Å². The lowest BCUT2D eigenvalue weighted by Gasteiger charge is -2.25. The highest BCUT2D eigenvalue weighted by atomic mass is 16.2. The number of amides is 1. The Morgan fingerprint density at radius 3 is 2.52 bits per heavy atom. The van der Waals surface area contributed by atoms with E-state index >= 15 is 0 Å². The van der Waals surface area contributed by atoms with E-state index in [4.69, 9.17) is 0 Å². The topological polar surface area (TPSA) is 73.0 Å². The van der Waals surface area contributed by atoms with E-state index in [0.29, 0.717) is 5.56 Å². The highest BCUT2D eigenvalue weighted by Gasteiger charge is 2.19. The average molecular weight is 337 g/mol. The van der Waals surface area contributed by atoms with Gasteiger partial charge in [0.05, 0.1) is 11.7 Å². The summed E-state index contributed by atoms with van der Waals surface area (Å²) in [5.41, 5.74) is 2.07. The predicted octanol–water partition coefficient (Wildman–Crippen LogP) is 1.80. The first-order chi connectivity index (χ1) is 12.0. The van der Waals surface area contributed by atoms with Crippen molar-refractivity contribution in [2.24, 2.45) is 7.05 Å². The van der Waals surface area contributed by atoms with E-state index in [1.807, 2.05) is 31.2 Å². The number of aromatic nitrogens is 4. The van der Waals surface area contributed by atoms with Crippen molar-refractivity contribution in [3.05, 3.63) is 76.7 Å². The fraction of sp³-hybridized carbons (Fsp3) is 0.222. The fourth-order valence-corrected chi connectivity index (χ4v) is 2.53. The third-order valence-electron chi connectivity index (χ3n) is 4.31. The molecule has 0 saturated heterocycles. The third-order valence-corrected chi connectivity index (χ3v) is 4.31. The smallest absolute Gasteiger partial charge is 0.254 e. The Labute approximate surface area is 145 Å². The second-order valence-corrected chi connectivity index (χ2v) is 5.89. The second-order valence-electron chi connectivity index (χ2n) is 5.89. The van der Waals surface area contributed by atoms with Crippen LogP contribution in [0.2, 0.25) is 0 Å². The molecule has 0 aliphatic rings. The summed E-state index contributed by atoms with van der Waals surface area (Å²) < 4.78 is 3.10. The van der Waals surface area contributed by atoms with Gasteiger partial charge in [-0.15, -0.1) is 0 Å². The molecule has 0 fully saturated rings. The first-order valence-electron chi connectivity index (χ1n) is 7.86. The Morgan fingerprint density at radius 2 is 1.92 bits per heavy atom. The highest BCUT2D eigenvalue weighted by Crippen LogP contribution is 2.21. The molecule has 3 rings (SSSR count). The van der Waals surface area contributed by atoms with Crippen molar-refractivity contribution in [1.29, 1.82) is 0 Å². The van der Waals surface area contributed by atoms with Gasteiger partial charge in [0.25, 0.3) is 11.5 Å². The van der Waals surface area contributed by atoms with Gasteiger partial charge < -0.3 is 9.47 Å². The molecule has 1 amide bonds. The van der Waals surface area contributed by atoms with Gasteiger partial charge >= 0.3 is 0 Å². The summed E-state index contributed by atoms with van der Waals surface area (Å²) >= 11 is 0. The monoisotopic (exact) mass is 337 g/mol. The third kappa shape index (κ3) is 3.35. The van der Waals surface area contributed by atoms with Crippen molar-refractivity contribution >= 4 is 5.91 Å². The second kappa shape index (κ2) is 6.72. The van der Waals surface area contributed by atoms with E-state index in [9.17, 15) is 9.59 Å². The summed E-state index contributed by atoms with van der Waals surface area (Å²) in [6, 6.07) is 10.6. The summed E-state index contributed by atoms with van der Waals surface area (Å²) in [7, 11) is 3.38. The number of benzene rings is 1. The molecule has 2 heterocycles. The van der Waals surface area contributed by atoms with E-state index in [0.717, 1.165) is 11.3 Å². The molecule has 2 aromatic heterocycles. The highest BCUT2D eigenvalue weighted by molar-refractivity contribution is 5.94. The summed E-state index contributed by atoms with van der Waals surface area (Å²) in [5.74, 6) is -0.189. The molecule has 25 heavy (non-hydrogen) atoms. The minimum absolute atomic E-state index is 0.138. The van der Waals surface area contributed by atoms with Gasteiger partial charge in [-0.3, -0.25) is 9.59 Å². The van der Waals surface area contributed by atoms with Crippen molar-refractivity contribution in [3.63, 3.8) is 0 Å². The van der Waals surface area contributed by atoms with Crippen LogP contribution in [-0.2, 0) is 7.05 Å². The molecule has 0 unspecified atom stereocenters. The molecule has 0 N–H and O–H groups in total. The van der Waals surface area contributed by atoms with Gasteiger partial charge in [0.15, 0.2) is 0 Å². The predicted molar refractivity (Wildman–Crippen MR) is 93.6 cm³/mol. The van der Waals surface area contributed by atoms with E-state index < -0.39 is 0 Å². The summed E-state index contributed by atoms with van der Waals surface area (Å²) in [5, 5.41) is 4.09. The zero-order valence-corrected chi connectivity index (χ0v) is 14.3. The molecule has 0 aliphatic heterocycles. The summed E-state index contributed by atoms with van der Waals surface area (Å²) in [6.45, 7) is 1.95. The lowest BCUT2D eigenvalue weighted by molar-refractivity contribution is 0.0742.